The largest absolute Gasteiger partial charge is 0.496 e. The van der Waals surface area contributed by atoms with Gasteiger partial charge in [-0.3, -0.25) is 4.68 Å². The number of nitrogens with two attached hydrogens (primary N) is 1. The molecule has 0 aliphatic heterocycles. The lowest BCUT2D eigenvalue weighted by molar-refractivity contribution is 0.409. The first kappa shape index (κ1) is 12.6. The fraction of sp³-hybridized carbons (Fsp3) is 0.357. The summed E-state index contributed by atoms with van der Waals surface area (Å²) in [6, 6.07) is 8.17. The van der Waals surface area contributed by atoms with Crippen LogP contribution in [0.5, 0.6) is 5.75 Å². The molecule has 0 saturated carbocycles. The summed E-state index contributed by atoms with van der Waals surface area (Å²) in [5.74, 6) is 0.842. The van der Waals surface area contributed by atoms with Gasteiger partial charge in [-0.25, -0.2) is 0 Å². The zero-order valence-electron chi connectivity index (χ0n) is 11.1. The number of aryl methyl sites for hydroxylation is 2. The van der Waals surface area contributed by atoms with Gasteiger partial charge >= 0.3 is 0 Å². The molecule has 18 heavy (non-hydrogen) atoms. The van der Waals surface area contributed by atoms with E-state index in [1.165, 1.54) is 5.56 Å². The van der Waals surface area contributed by atoms with Crippen molar-refractivity contribution >= 4 is 0 Å². The van der Waals surface area contributed by atoms with Crippen molar-refractivity contribution in [2.45, 2.75) is 26.9 Å². The van der Waals surface area contributed by atoms with Crippen LogP contribution >= 0.6 is 0 Å². The van der Waals surface area contributed by atoms with E-state index in [1.54, 1.807) is 7.11 Å². The Labute approximate surface area is 107 Å². The van der Waals surface area contributed by atoms with Crippen molar-refractivity contribution in [3.05, 3.63) is 46.8 Å². The van der Waals surface area contributed by atoms with E-state index in [1.807, 2.05) is 17.7 Å². The van der Waals surface area contributed by atoms with Crippen LogP contribution in [0.15, 0.2) is 24.3 Å². The summed E-state index contributed by atoms with van der Waals surface area (Å²) in [7, 11) is 1.66. The fourth-order valence-corrected chi connectivity index (χ4v) is 2.10. The molecule has 0 radical (unpaired) electrons. The van der Waals surface area contributed by atoms with E-state index in [0.29, 0.717) is 6.54 Å². The monoisotopic (exact) mass is 245 g/mol. The van der Waals surface area contributed by atoms with Gasteiger partial charge in [-0.15, -0.1) is 0 Å². The molecular formula is C14H19N3O. The van der Waals surface area contributed by atoms with Crippen molar-refractivity contribution in [3.8, 4) is 5.75 Å². The van der Waals surface area contributed by atoms with Crippen LogP contribution in [-0.2, 0) is 13.1 Å². The summed E-state index contributed by atoms with van der Waals surface area (Å²) in [6.07, 6.45) is 0. The number of benzene rings is 1. The third kappa shape index (κ3) is 2.54. The molecule has 0 fully saturated rings. The summed E-state index contributed by atoms with van der Waals surface area (Å²) >= 11 is 0. The molecular weight excluding hydrogens is 226 g/mol. The number of ether oxygens (including phenoxy) is 1. The lowest BCUT2D eigenvalue weighted by atomic mass is 10.1. The van der Waals surface area contributed by atoms with Crippen molar-refractivity contribution < 1.29 is 4.74 Å². The molecule has 0 bridgehead atoms. The van der Waals surface area contributed by atoms with Gasteiger partial charge in [0.25, 0.3) is 0 Å². The molecule has 1 aromatic heterocycles. The number of hydrogen-bond donors (Lipinski definition) is 1. The first-order valence-electron chi connectivity index (χ1n) is 6.01. The second-order valence-electron chi connectivity index (χ2n) is 4.44. The lowest BCUT2D eigenvalue weighted by Crippen LogP contribution is -2.06. The van der Waals surface area contributed by atoms with Gasteiger partial charge in [-0.1, -0.05) is 6.07 Å². The highest BCUT2D eigenvalue weighted by Crippen LogP contribution is 2.20. The van der Waals surface area contributed by atoms with Crippen LogP contribution in [0.4, 0.5) is 0 Å². The van der Waals surface area contributed by atoms with E-state index in [9.17, 15) is 0 Å². The molecule has 0 aliphatic rings. The highest BCUT2D eigenvalue weighted by atomic mass is 16.5. The molecule has 0 atom stereocenters. The zero-order valence-corrected chi connectivity index (χ0v) is 11.1. The number of aromatic nitrogens is 2. The molecule has 4 nitrogen and oxygen atoms in total. The van der Waals surface area contributed by atoms with E-state index >= 15 is 0 Å². The highest BCUT2D eigenvalue weighted by Gasteiger charge is 2.05. The van der Waals surface area contributed by atoms with Gasteiger partial charge in [0.05, 0.1) is 19.3 Å². The first-order chi connectivity index (χ1) is 8.63. The van der Waals surface area contributed by atoms with Crippen LogP contribution in [0.2, 0.25) is 0 Å². The molecule has 0 saturated heterocycles. The van der Waals surface area contributed by atoms with E-state index in [2.05, 4.69) is 30.2 Å². The van der Waals surface area contributed by atoms with Gasteiger partial charge in [0, 0.05) is 17.8 Å². The Balaban J connectivity index is 2.27. The Morgan fingerprint density at radius 3 is 2.61 bits per heavy atom. The molecule has 1 heterocycles. The van der Waals surface area contributed by atoms with E-state index < -0.39 is 0 Å². The molecule has 0 amide bonds. The molecule has 0 spiro atoms. The molecule has 0 aliphatic carbocycles. The van der Waals surface area contributed by atoms with Crippen LogP contribution < -0.4 is 10.5 Å². The standard InChI is InChI=1S/C14H19N3O/c1-10-6-11(2)17(16-10)9-12-4-5-14(18-3)13(7-12)8-15/h4-7H,8-9,15H2,1-3H3. The number of rotatable bonds is 4. The topological polar surface area (TPSA) is 53.1 Å². The third-order valence-electron chi connectivity index (χ3n) is 3.00. The minimum Gasteiger partial charge on any atom is -0.496 e. The highest BCUT2D eigenvalue weighted by molar-refractivity contribution is 5.37. The summed E-state index contributed by atoms with van der Waals surface area (Å²) in [5, 5.41) is 4.46. The minimum atomic E-state index is 0.480. The average Bonchev–Trinajstić information content (AvgIpc) is 2.67. The maximum atomic E-state index is 5.72. The third-order valence-corrected chi connectivity index (χ3v) is 3.00. The Bertz CT molecular complexity index is 546. The summed E-state index contributed by atoms with van der Waals surface area (Å²) in [5.41, 5.74) is 10.1. The second-order valence-corrected chi connectivity index (χ2v) is 4.44. The Morgan fingerprint density at radius 1 is 1.28 bits per heavy atom. The molecule has 4 heteroatoms. The van der Waals surface area contributed by atoms with Gasteiger partial charge in [-0.05, 0) is 37.6 Å². The summed E-state index contributed by atoms with van der Waals surface area (Å²) in [4.78, 5) is 0. The van der Waals surface area contributed by atoms with Gasteiger partial charge in [0.15, 0.2) is 0 Å². The second kappa shape index (κ2) is 5.23. The minimum absolute atomic E-state index is 0.480. The van der Waals surface area contributed by atoms with Crippen molar-refractivity contribution in [3.63, 3.8) is 0 Å². The fourth-order valence-electron chi connectivity index (χ4n) is 2.10. The maximum absolute atomic E-state index is 5.72. The van der Waals surface area contributed by atoms with Crippen LogP contribution in [0.25, 0.3) is 0 Å². The van der Waals surface area contributed by atoms with E-state index in [4.69, 9.17) is 10.5 Å². The molecule has 96 valence electrons. The SMILES string of the molecule is COc1ccc(Cn2nc(C)cc2C)cc1CN. The molecule has 2 aromatic rings. The van der Waals surface area contributed by atoms with Crippen LogP contribution in [0.1, 0.15) is 22.5 Å². The van der Waals surface area contributed by atoms with Gasteiger partial charge < -0.3 is 10.5 Å². The smallest absolute Gasteiger partial charge is 0.123 e. The first-order valence-corrected chi connectivity index (χ1v) is 6.01. The number of hydrogen-bond acceptors (Lipinski definition) is 3. The van der Waals surface area contributed by atoms with Crippen molar-refractivity contribution in [2.24, 2.45) is 5.73 Å². The molecule has 1 aromatic carbocycles. The van der Waals surface area contributed by atoms with E-state index in [0.717, 1.165) is 29.2 Å². The van der Waals surface area contributed by atoms with E-state index in [-0.39, 0.29) is 0 Å². The molecule has 2 rings (SSSR count). The Morgan fingerprint density at radius 2 is 2.06 bits per heavy atom. The number of nitrogens with zero attached hydrogens (tertiary/aromatic N) is 2. The Kier molecular flexibility index (Phi) is 3.67. The molecule has 2 N–H and O–H groups in total. The Hall–Kier alpha value is -1.81. The van der Waals surface area contributed by atoms with Crippen LogP contribution in [0.3, 0.4) is 0 Å². The molecule has 0 unspecified atom stereocenters. The van der Waals surface area contributed by atoms with Crippen molar-refractivity contribution in [1.29, 1.82) is 0 Å². The average molecular weight is 245 g/mol. The zero-order chi connectivity index (χ0) is 13.1. The predicted octanol–water partition coefficient (Wildman–Crippen LogP) is 2.02. The van der Waals surface area contributed by atoms with Crippen LogP contribution in [0, 0.1) is 13.8 Å². The summed E-state index contributed by atoms with van der Waals surface area (Å²) in [6.45, 7) is 5.31. The lowest BCUT2D eigenvalue weighted by Gasteiger charge is -2.10. The quantitative estimate of drug-likeness (QED) is 0.896. The van der Waals surface area contributed by atoms with Gasteiger partial charge in [-0.2, -0.15) is 5.10 Å². The number of methoxy groups -OCH3 is 1. The normalized spacial score (nSPS) is 10.7. The van der Waals surface area contributed by atoms with Crippen LogP contribution in [-0.4, -0.2) is 16.9 Å². The van der Waals surface area contributed by atoms with Crippen molar-refractivity contribution in [1.82, 2.24) is 9.78 Å². The van der Waals surface area contributed by atoms with Crippen molar-refractivity contribution in [2.75, 3.05) is 7.11 Å². The maximum Gasteiger partial charge on any atom is 0.123 e. The summed E-state index contributed by atoms with van der Waals surface area (Å²) < 4.78 is 7.26. The predicted molar refractivity (Wildman–Crippen MR) is 71.7 cm³/mol. The van der Waals surface area contributed by atoms with Gasteiger partial charge in [0.1, 0.15) is 5.75 Å². The van der Waals surface area contributed by atoms with Gasteiger partial charge in [0.2, 0.25) is 0 Å².